The molecule has 1 nitrogen and oxygen atoms in total. The first kappa shape index (κ1) is 10.6. The minimum Gasteiger partial charge on any atom is -0.309 e. The molecule has 1 aliphatic carbocycles. The Morgan fingerprint density at radius 1 is 1.44 bits per heavy atom. The molecule has 1 aromatic heterocycles. The fourth-order valence-electron chi connectivity index (χ4n) is 1.94. The van der Waals surface area contributed by atoms with Gasteiger partial charge in [-0.2, -0.15) is 0 Å². The van der Waals surface area contributed by atoms with E-state index in [1.54, 1.807) is 0 Å². The normalized spacial score (nSPS) is 15.9. The molecule has 0 unspecified atom stereocenters. The Hall–Kier alpha value is -0.570. The van der Waals surface area contributed by atoms with E-state index in [1.165, 1.54) is 33.4 Å². The van der Waals surface area contributed by atoms with Crippen LogP contribution < -0.4 is 5.32 Å². The van der Waals surface area contributed by atoms with Crippen molar-refractivity contribution in [3.8, 4) is 0 Å². The number of fused-ring (bicyclic) bond motifs is 1. The van der Waals surface area contributed by atoms with Crippen LogP contribution in [0.5, 0.6) is 0 Å². The molecule has 1 saturated carbocycles. The van der Waals surface area contributed by atoms with Gasteiger partial charge in [-0.15, -0.1) is 11.3 Å². The summed E-state index contributed by atoms with van der Waals surface area (Å²) >= 11 is 7.91. The highest BCUT2D eigenvalue weighted by atomic mass is 35.5. The fraction of sp³-hybridized carbons (Fsp3) is 0.385. The molecular weight excluding hydrogens is 238 g/mol. The van der Waals surface area contributed by atoms with Crippen LogP contribution in [-0.4, -0.2) is 6.04 Å². The van der Waals surface area contributed by atoms with Crippen LogP contribution in [-0.2, 0) is 6.54 Å². The second-order valence-corrected chi connectivity index (χ2v) is 6.02. The van der Waals surface area contributed by atoms with Gasteiger partial charge in [-0.1, -0.05) is 11.6 Å². The molecule has 1 fully saturated rings. The quantitative estimate of drug-likeness (QED) is 0.866. The number of halogens is 1. The van der Waals surface area contributed by atoms with Gasteiger partial charge in [0.2, 0.25) is 0 Å². The van der Waals surface area contributed by atoms with Crippen LogP contribution >= 0.6 is 22.9 Å². The summed E-state index contributed by atoms with van der Waals surface area (Å²) in [7, 11) is 0. The Balaban J connectivity index is 1.94. The molecule has 1 N–H and O–H groups in total. The summed E-state index contributed by atoms with van der Waals surface area (Å²) in [6, 6.07) is 6.94. The summed E-state index contributed by atoms with van der Waals surface area (Å²) in [5.41, 5.74) is 1.38. The number of nitrogens with one attached hydrogen (secondary N) is 1. The van der Waals surface area contributed by atoms with E-state index in [9.17, 15) is 0 Å². The van der Waals surface area contributed by atoms with Crippen LogP contribution in [0.3, 0.4) is 0 Å². The SMILES string of the molecule is Cc1c(CNC2CC2)sc2ccc(Cl)cc12. The molecule has 1 heterocycles. The Bertz CT molecular complexity index is 528. The van der Waals surface area contributed by atoms with Crippen LogP contribution in [0.1, 0.15) is 23.3 Å². The molecule has 3 rings (SSSR count). The minimum absolute atomic E-state index is 0.771. The number of thiophene rings is 1. The number of benzene rings is 1. The molecule has 84 valence electrons. The largest absolute Gasteiger partial charge is 0.309 e. The smallest absolute Gasteiger partial charge is 0.0413 e. The number of rotatable bonds is 3. The van der Waals surface area contributed by atoms with Crippen molar-refractivity contribution < 1.29 is 0 Å². The standard InChI is InChI=1S/C13H14ClNS/c1-8-11-6-9(14)2-5-12(11)16-13(8)7-15-10-3-4-10/h2,5-6,10,15H,3-4,7H2,1H3. The Kier molecular flexibility index (Phi) is 2.66. The van der Waals surface area contributed by atoms with E-state index in [4.69, 9.17) is 11.6 Å². The topological polar surface area (TPSA) is 12.0 Å². The van der Waals surface area contributed by atoms with E-state index < -0.39 is 0 Å². The zero-order chi connectivity index (χ0) is 11.1. The predicted molar refractivity (Wildman–Crippen MR) is 71.4 cm³/mol. The third-order valence-corrected chi connectivity index (χ3v) is 4.63. The summed E-state index contributed by atoms with van der Waals surface area (Å²) in [5.74, 6) is 0. The first-order chi connectivity index (χ1) is 7.74. The number of aryl methyl sites for hydroxylation is 1. The monoisotopic (exact) mass is 251 g/mol. The van der Waals surface area contributed by atoms with E-state index in [1.807, 2.05) is 17.4 Å². The highest BCUT2D eigenvalue weighted by Gasteiger charge is 2.20. The van der Waals surface area contributed by atoms with Gasteiger partial charge in [-0.25, -0.2) is 0 Å². The van der Waals surface area contributed by atoms with E-state index >= 15 is 0 Å². The van der Waals surface area contributed by atoms with Crippen molar-refractivity contribution in [2.75, 3.05) is 0 Å². The summed E-state index contributed by atoms with van der Waals surface area (Å²) in [6.07, 6.45) is 2.69. The molecule has 1 aliphatic rings. The van der Waals surface area contributed by atoms with Crippen molar-refractivity contribution in [1.82, 2.24) is 5.32 Å². The van der Waals surface area contributed by atoms with Crippen LogP contribution in [0.4, 0.5) is 0 Å². The molecule has 0 atom stereocenters. The highest BCUT2D eigenvalue weighted by molar-refractivity contribution is 7.19. The lowest BCUT2D eigenvalue weighted by Crippen LogP contribution is -2.14. The average Bonchev–Trinajstić information content (AvgIpc) is 3.04. The molecule has 0 saturated heterocycles. The lowest BCUT2D eigenvalue weighted by atomic mass is 10.1. The fourth-order valence-corrected chi connectivity index (χ4v) is 3.25. The molecular formula is C13H14ClNS. The van der Waals surface area contributed by atoms with Crippen molar-refractivity contribution in [2.45, 2.75) is 32.4 Å². The first-order valence-corrected chi connectivity index (χ1v) is 6.84. The molecule has 0 amide bonds. The molecule has 0 aliphatic heterocycles. The van der Waals surface area contributed by atoms with E-state index in [-0.39, 0.29) is 0 Å². The van der Waals surface area contributed by atoms with Crippen molar-refractivity contribution in [2.24, 2.45) is 0 Å². The second-order valence-electron chi connectivity index (χ2n) is 4.45. The lowest BCUT2D eigenvalue weighted by Gasteiger charge is -2.00. The van der Waals surface area contributed by atoms with Gasteiger partial charge in [0.1, 0.15) is 0 Å². The number of hydrogen-bond donors (Lipinski definition) is 1. The molecule has 16 heavy (non-hydrogen) atoms. The minimum atomic E-state index is 0.771. The van der Waals surface area contributed by atoms with Gasteiger partial charge in [0.25, 0.3) is 0 Å². The molecule has 0 bridgehead atoms. The number of hydrogen-bond acceptors (Lipinski definition) is 2. The van der Waals surface area contributed by atoms with E-state index in [0.717, 1.165) is 17.6 Å². The zero-order valence-electron chi connectivity index (χ0n) is 9.22. The van der Waals surface area contributed by atoms with Crippen LogP contribution in [0, 0.1) is 6.92 Å². The molecule has 0 spiro atoms. The van der Waals surface area contributed by atoms with Crippen LogP contribution in [0.2, 0.25) is 5.02 Å². The van der Waals surface area contributed by atoms with Crippen molar-refractivity contribution in [3.05, 3.63) is 33.7 Å². The van der Waals surface area contributed by atoms with Gasteiger partial charge in [0, 0.05) is 27.2 Å². The molecule has 3 heteroatoms. The van der Waals surface area contributed by atoms with Gasteiger partial charge in [0.05, 0.1) is 0 Å². The van der Waals surface area contributed by atoms with Gasteiger partial charge in [-0.05, 0) is 48.9 Å². The highest BCUT2D eigenvalue weighted by Crippen LogP contribution is 2.33. The van der Waals surface area contributed by atoms with E-state index in [0.29, 0.717) is 0 Å². The van der Waals surface area contributed by atoms with Gasteiger partial charge in [-0.3, -0.25) is 0 Å². The maximum atomic E-state index is 6.03. The first-order valence-electron chi connectivity index (χ1n) is 5.65. The maximum absolute atomic E-state index is 6.03. The maximum Gasteiger partial charge on any atom is 0.0413 e. The van der Waals surface area contributed by atoms with Crippen molar-refractivity contribution in [3.63, 3.8) is 0 Å². The second kappa shape index (κ2) is 4.02. The van der Waals surface area contributed by atoms with Gasteiger partial charge in [0.15, 0.2) is 0 Å². The summed E-state index contributed by atoms with van der Waals surface area (Å²) in [5, 5.41) is 5.71. The summed E-state index contributed by atoms with van der Waals surface area (Å²) in [6.45, 7) is 3.20. The zero-order valence-corrected chi connectivity index (χ0v) is 10.8. The molecule has 1 aromatic carbocycles. The Morgan fingerprint density at radius 2 is 2.25 bits per heavy atom. The van der Waals surface area contributed by atoms with Crippen molar-refractivity contribution >= 4 is 33.0 Å². The van der Waals surface area contributed by atoms with Gasteiger partial charge < -0.3 is 5.32 Å². The molecule has 2 aromatic rings. The Labute approximate surface area is 104 Å². The average molecular weight is 252 g/mol. The predicted octanol–water partition coefficient (Wildman–Crippen LogP) is 4.12. The van der Waals surface area contributed by atoms with Crippen molar-refractivity contribution in [1.29, 1.82) is 0 Å². The summed E-state index contributed by atoms with van der Waals surface area (Å²) < 4.78 is 1.34. The van der Waals surface area contributed by atoms with Crippen LogP contribution in [0.15, 0.2) is 18.2 Å². The lowest BCUT2D eigenvalue weighted by molar-refractivity contribution is 0.693. The molecule has 0 radical (unpaired) electrons. The third kappa shape index (κ3) is 1.97. The third-order valence-electron chi connectivity index (χ3n) is 3.13. The van der Waals surface area contributed by atoms with E-state index in [2.05, 4.69) is 24.4 Å². The summed E-state index contributed by atoms with van der Waals surface area (Å²) in [4.78, 5) is 1.45. The van der Waals surface area contributed by atoms with Crippen LogP contribution in [0.25, 0.3) is 10.1 Å². The Morgan fingerprint density at radius 3 is 3.00 bits per heavy atom. The van der Waals surface area contributed by atoms with Gasteiger partial charge >= 0.3 is 0 Å².